The molecule has 2 heterocycles. The lowest BCUT2D eigenvalue weighted by molar-refractivity contribution is -0.136. The summed E-state index contributed by atoms with van der Waals surface area (Å²) in [6, 6.07) is 1.98. The van der Waals surface area contributed by atoms with E-state index in [-0.39, 0.29) is 21.3 Å². The molecular formula is C14H7ClFNO5S. The Morgan fingerprint density at radius 3 is 2.61 bits per heavy atom. The molecule has 0 saturated carbocycles. The summed E-state index contributed by atoms with van der Waals surface area (Å²) >= 11 is 6.71. The maximum Gasteiger partial charge on any atom is 0.342 e. The van der Waals surface area contributed by atoms with Crippen LogP contribution in [0.1, 0.15) is 21.3 Å². The average molecular weight is 356 g/mol. The van der Waals surface area contributed by atoms with E-state index in [4.69, 9.17) is 16.7 Å². The van der Waals surface area contributed by atoms with Gasteiger partial charge in [-0.3, -0.25) is 9.59 Å². The van der Waals surface area contributed by atoms with Gasteiger partial charge in [-0.2, -0.15) is 0 Å². The van der Waals surface area contributed by atoms with E-state index in [9.17, 15) is 23.9 Å². The highest BCUT2D eigenvalue weighted by Gasteiger charge is 2.24. The Balaban J connectivity index is 2.50. The molecule has 0 saturated heterocycles. The normalized spacial score (nSPS) is 12.6. The minimum absolute atomic E-state index is 0.159. The van der Waals surface area contributed by atoms with Crippen LogP contribution in [0.15, 0.2) is 28.5 Å². The third-order valence-corrected chi connectivity index (χ3v) is 4.68. The molecule has 0 spiro atoms. The van der Waals surface area contributed by atoms with Crippen molar-refractivity contribution in [3.63, 3.8) is 0 Å². The van der Waals surface area contributed by atoms with E-state index in [0.717, 1.165) is 23.5 Å². The number of benzene rings is 1. The van der Waals surface area contributed by atoms with Crippen LogP contribution in [0.2, 0.25) is 0 Å². The number of thiazole rings is 1. The van der Waals surface area contributed by atoms with Gasteiger partial charge in [0.05, 0.1) is 5.52 Å². The van der Waals surface area contributed by atoms with Crippen molar-refractivity contribution in [1.82, 2.24) is 4.40 Å². The molecule has 0 amide bonds. The monoisotopic (exact) mass is 355 g/mol. The van der Waals surface area contributed by atoms with Gasteiger partial charge in [-0.05, 0) is 12.1 Å². The zero-order valence-electron chi connectivity index (χ0n) is 11.1. The molecule has 0 fully saturated rings. The number of alkyl halides is 1. The number of hydrogen-bond acceptors (Lipinski definition) is 4. The number of halogens is 2. The van der Waals surface area contributed by atoms with Crippen LogP contribution in [0.25, 0.3) is 15.7 Å². The highest BCUT2D eigenvalue weighted by Crippen LogP contribution is 2.29. The van der Waals surface area contributed by atoms with E-state index < -0.39 is 34.1 Å². The van der Waals surface area contributed by atoms with Crippen LogP contribution >= 0.6 is 22.9 Å². The molecule has 1 atom stereocenters. The average Bonchev–Trinajstić information content (AvgIpc) is 2.95. The number of fused-ring (bicyclic) bond motifs is 3. The molecule has 3 rings (SSSR count). The SMILES string of the molecule is O=C(O)c1c(=O)c2cc(F)c(C(Cl)C(=O)O)cc2n2ccsc12. The van der Waals surface area contributed by atoms with Gasteiger partial charge in [-0.1, -0.05) is 0 Å². The molecular weight excluding hydrogens is 349 g/mol. The maximum absolute atomic E-state index is 14.1. The summed E-state index contributed by atoms with van der Waals surface area (Å²) in [4.78, 5) is 34.8. The fourth-order valence-corrected chi connectivity index (χ4v) is 3.41. The van der Waals surface area contributed by atoms with Crippen LogP contribution in [0, 0.1) is 5.82 Å². The van der Waals surface area contributed by atoms with Gasteiger partial charge in [0.25, 0.3) is 0 Å². The Hall–Kier alpha value is -2.45. The highest BCUT2D eigenvalue weighted by atomic mass is 35.5. The molecule has 9 heteroatoms. The lowest BCUT2D eigenvalue weighted by Gasteiger charge is -2.10. The smallest absolute Gasteiger partial charge is 0.342 e. The van der Waals surface area contributed by atoms with Crippen LogP contribution in [0.3, 0.4) is 0 Å². The minimum Gasteiger partial charge on any atom is -0.480 e. The Bertz CT molecular complexity index is 1040. The number of aliphatic carboxylic acids is 1. The molecule has 1 aromatic carbocycles. The molecule has 2 aromatic heterocycles. The third-order valence-electron chi connectivity index (χ3n) is 3.37. The standard InChI is InChI=1S/C14H7ClFNO5S/c15-10(14(21)22)5-4-8-6(3-7(5)16)11(18)9(13(19)20)12-17(8)1-2-23-12/h1-4,10H,(H,19,20)(H,21,22). The molecule has 0 radical (unpaired) electrons. The molecule has 23 heavy (non-hydrogen) atoms. The van der Waals surface area contributed by atoms with Gasteiger partial charge in [0.1, 0.15) is 16.2 Å². The summed E-state index contributed by atoms with van der Waals surface area (Å²) in [7, 11) is 0. The van der Waals surface area contributed by atoms with Crippen LogP contribution in [-0.4, -0.2) is 26.6 Å². The summed E-state index contributed by atoms with van der Waals surface area (Å²) in [6.45, 7) is 0. The van der Waals surface area contributed by atoms with Crippen molar-refractivity contribution in [2.24, 2.45) is 0 Å². The van der Waals surface area contributed by atoms with Gasteiger partial charge in [0, 0.05) is 22.5 Å². The molecule has 0 aliphatic carbocycles. The topological polar surface area (TPSA) is 96.1 Å². The zero-order valence-corrected chi connectivity index (χ0v) is 12.7. The van der Waals surface area contributed by atoms with Gasteiger partial charge >= 0.3 is 11.9 Å². The first kappa shape index (κ1) is 15.4. The fourth-order valence-electron chi connectivity index (χ4n) is 2.36. The molecule has 3 aromatic rings. The van der Waals surface area contributed by atoms with Gasteiger partial charge in [0.2, 0.25) is 5.43 Å². The Morgan fingerprint density at radius 2 is 2.00 bits per heavy atom. The number of carboxylic acid groups (broad SMARTS) is 2. The second kappa shape index (κ2) is 5.32. The van der Waals surface area contributed by atoms with Crippen molar-refractivity contribution in [2.75, 3.05) is 0 Å². The van der Waals surface area contributed by atoms with E-state index in [2.05, 4.69) is 0 Å². The number of rotatable bonds is 3. The fraction of sp³-hybridized carbons (Fsp3) is 0.0714. The first-order valence-corrected chi connectivity index (χ1v) is 7.49. The van der Waals surface area contributed by atoms with Crippen molar-refractivity contribution in [2.45, 2.75) is 5.38 Å². The predicted molar refractivity (Wildman–Crippen MR) is 82.2 cm³/mol. The number of carboxylic acids is 2. The second-order valence-electron chi connectivity index (χ2n) is 4.68. The van der Waals surface area contributed by atoms with Gasteiger partial charge in [-0.25, -0.2) is 9.18 Å². The minimum atomic E-state index is -1.62. The molecule has 2 N–H and O–H groups in total. The Morgan fingerprint density at radius 1 is 1.30 bits per heavy atom. The maximum atomic E-state index is 14.1. The largest absolute Gasteiger partial charge is 0.480 e. The first-order valence-electron chi connectivity index (χ1n) is 6.18. The zero-order chi connectivity index (χ0) is 16.9. The Kier molecular flexibility index (Phi) is 3.57. The lowest BCUT2D eigenvalue weighted by atomic mass is 10.1. The highest BCUT2D eigenvalue weighted by molar-refractivity contribution is 7.16. The molecule has 118 valence electrons. The van der Waals surface area contributed by atoms with E-state index in [1.165, 1.54) is 10.6 Å². The van der Waals surface area contributed by atoms with Crippen molar-refractivity contribution in [1.29, 1.82) is 0 Å². The van der Waals surface area contributed by atoms with Crippen LogP contribution in [0.5, 0.6) is 0 Å². The summed E-state index contributed by atoms with van der Waals surface area (Å²) in [5.41, 5.74) is -1.39. The quantitative estimate of drug-likeness (QED) is 0.704. The number of aromatic nitrogens is 1. The number of pyridine rings is 1. The third kappa shape index (κ3) is 2.27. The van der Waals surface area contributed by atoms with Crippen LogP contribution in [0.4, 0.5) is 4.39 Å². The van der Waals surface area contributed by atoms with E-state index in [0.29, 0.717) is 0 Å². The second-order valence-corrected chi connectivity index (χ2v) is 6.01. The van der Waals surface area contributed by atoms with Gasteiger partial charge in [0.15, 0.2) is 5.38 Å². The van der Waals surface area contributed by atoms with Crippen molar-refractivity contribution in [3.8, 4) is 0 Å². The van der Waals surface area contributed by atoms with Gasteiger partial charge < -0.3 is 14.6 Å². The number of aromatic carboxylic acids is 1. The number of nitrogens with zero attached hydrogens (tertiary/aromatic N) is 1. The molecule has 6 nitrogen and oxygen atoms in total. The van der Waals surface area contributed by atoms with E-state index in [1.54, 1.807) is 5.38 Å². The van der Waals surface area contributed by atoms with Crippen molar-refractivity contribution >= 4 is 50.6 Å². The van der Waals surface area contributed by atoms with Gasteiger partial charge in [-0.15, -0.1) is 22.9 Å². The predicted octanol–water partition coefficient (Wildman–Crippen LogP) is 2.72. The van der Waals surface area contributed by atoms with E-state index >= 15 is 0 Å². The first-order chi connectivity index (χ1) is 10.8. The lowest BCUT2D eigenvalue weighted by Crippen LogP contribution is -2.18. The summed E-state index contributed by atoms with van der Waals surface area (Å²) in [5, 5.41) is 17.9. The van der Waals surface area contributed by atoms with Crippen molar-refractivity contribution in [3.05, 3.63) is 50.9 Å². The summed E-state index contributed by atoms with van der Waals surface area (Å²) in [6.07, 6.45) is 1.51. The summed E-state index contributed by atoms with van der Waals surface area (Å²) < 4.78 is 15.5. The van der Waals surface area contributed by atoms with Crippen LogP contribution in [-0.2, 0) is 4.79 Å². The van der Waals surface area contributed by atoms with Crippen LogP contribution < -0.4 is 5.43 Å². The van der Waals surface area contributed by atoms with Crippen molar-refractivity contribution < 1.29 is 24.2 Å². The number of hydrogen-bond donors (Lipinski definition) is 2. The Labute approximate surface area is 136 Å². The molecule has 0 aliphatic rings. The molecule has 1 unspecified atom stereocenters. The molecule has 0 aliphatic heterocycles. The van der Waals surface area contributed by atoms with E-state index in [1.807, 2.05) is 0 Å². The number of carbonyl (C=O) groups is 2. The molecule has 0 bridgehead atoms. The summed E-state index contributed by atoms with van der Waals surface area (Å²) in [5.74, 6) is -3.83.